The van der Waals surface area contributed by atoms with Gasteiger partial charge in [-0.25, -0.2) is 19.5 Å². The number of unbranched alkanes of at least 4 members (excludes halogenated alkanes) is 2. The molecular weight excluding hydrogens is 542 g/mol. The molecule has 1 unspecified atom stereocenters. The van der Waals surface area contributed by atoms with E-state index in [2.05, 4.69) is 22.0 Å². The summed E-state index contributed by atoms with van der Waals surface area (Å²) in [6, 6.07) is 2.75. The van der Waals surface area contributed by atoms with E-state index in [0.29, 0.717) is 22.9 Å². The summed E-state index contributed by atoms with van der Waals surface area (Å²) >= 11 is 0. The number of alkyl halides is 3. The van der Waals surface area contributed by atoms with E-state index >= 15 is 0 Å². The lowest BCUT2D eigenvalue weighted by atomic mass is 10.0. The molecule has 0 fully saturated rings. The quantitative estimate of drug-likeness (QED) is 0.220. The third-order valence-corrected chi connectivity index (χ3v) is 6.12. The maximum absolute atomic E-state index is 14.4. The molecule has 0 spiro atoms. The average Bonchev–Trinajstić information content (AvgIpc) is 2.87. The number of rotatable bonds is 9. The van der Waals surface area contributed by atoms with Crippen molar-refractivity contribution in [3.63, 3.8) is 0 Å². The van der Waals surface area contributed by atoms with Gasteiger partial charge in [-0.3, -0.25) is 13.8 Å². The Kier molecular flexibility index (Phi) is 11.5. The predicted octanol–water partition coefficient (Wildman–Crippen LogP) is 4.42. The number of aromatic nitrogens is 4. The molecule has 0 amide bonds. The fourth-order valence-corrected chi connectivity index (χ4v) is 3.59. The highest BCUT2D eigenvalue weighted by Crippen LogP contribution is 2.31. The number of aromatic hydroxyl groups is 1. The fraction of sp³-hybridized carbons (Fsp3) is 0.320. The van der Waals surface area contributed by atoms with Crippen molar-refractivity contribution >= 4 is 23.2 Å². The Hall–Kier alpha value is -3.94. The van der Waals surface area contributed by atoms with Gasteiger partial charge in [-0.2, -0.15) is 18.3 Å². The molecule has 39 heavy (non-hydrogen) atoms. The number of nitrogens with one attached hydrogen (secondary N) is 1. The van der Waals surface area contributed by atoms with E-state index in [-0.39, 0.29) is 17.0 Å². The first-order valence-electron chi connectivity index (χ1n) is 11.6. The Morgan fingerprint density at radius 2 is 1.79 bits per heavy atom. The third kappa shape index (κ3) is 9.09. The van der Waals surface area contributed by atoms with Crippen LogP contribution in [0, 0.1) is 5.82 Å². The van der Waals surface area contributed by atoms with Crippen LogP contribution in [-0.4, -0.2) is 60.5 Å². The Balaban J connectivity index is 0.000000370. The van der Waals surface area contributed by atoms with E-state index in [9.17, 15) is 31.4 Å². The highest BCUT2D eigenvalue weighted by molar-refractivity contribution is 7.84. The standard InChI is InChI=1S/C20H24FN3O2S.C5H3F3N2O2/c1-4-5-6-8-24(2)9-7-15-10-18(19(21)11-16(15)14-25)20-22-12-17(13-23-20)27(3)26;6-5(7,8)3-2(11)1-9-10-4(3)12/h7,9-14H,4-6,8H2,1-3H3;1H,(H2,10,11,12)/b9-7-;. The molecule has 1 aromatic carbocycles. The maximum atomic E-state index is 14.4. The second-order valence-electron chi connectivity index (χ2n) is 8.24. The average molecular weight is 570 g/mol. The number of hydrogen-bond donors (Lipinski definition) is 2. The van der Waals surface area contributed by atoms with Gasteiger partial charge in [-0.1, -0.05) is 19.8 Å². The monoisotopic (exact) mass is 569 g/mol. The number of carbonyl (C=O) groups excluding carboxylic acids is 1. The number of benzene rings is 1. The molecule has 0 saturated heterocycles. The van der Waals surface area contributed by atoms with Crippen LogP contribution in [0.5, 0.6) is 5.75 Å². The molecule has 2 N–H and O–H groups in total. The van der Waals surface area contributed by atoms with Crippen LogP contribution in [0.4, 0.5) is 17.6 Å². The first kappa shape index (κ1) is 31.3. The smallest absolute Gasteiger partial charge is 0.425 e. The summed E-state index contributed by atoms with van der Waals surface area (Å²) in [6.45, 7) is 3.06. The minimum atomic E-state index is -4.86. The van der Waals surface area contributed by atoms with Crippen molar-refractivity contribution in [2.75, 3.05) is 19.8 Å². The van der Waals surface area contributed by atoms with Crippen molar-refractivity contribution in [3.8, 4) is 17.1 Å². The van der Waals surface area contributed by atoms with E-state index < -0.39 is 39.7 Å². The first-order valence-corrected chi connectivity index (χ1v) is 13.1. The maximum Gasteiger partial charge on any atom is 0.425 e. The van der Waals surface area contributed by atoms with Crippen molar-refractivity contribution in [2.24, 2.45) is 0 Å². The van der Waals surface area contributed by atoms with Crippen LogP contribution in [-0.2, 0) is 17.0 Å². The van der Waals surface area contributed by atoms with E-state index in [1.54, 1.807) is 17.2 Å². The van der Waals surface area contributed by atoms with Crippen LogP contribution in [0.2, 0.25) is 0 Å². The molecule has 14 heteroatoms. The molecule has 0 aliphatic heterocycles. The van der Waals surface area contributed by atoms with Crippen molar-refractivity contribution in [1.82, 2.24) is 25.1 Å². The summed E-state index contributed by atoms with van der Waals surface area (Å²) < 4.78 is 61.6. The highest BCUT2D eigenvalue weighted by Gasteiger charge is 2.37. The second kappa shape index (κ2) is 14.3. The molecule has 0 radical (unpaired) electrons. The van der Waals surface area contributed by atoms with Crippen molar-refractivity contribution in [3.05, 3.63) is 69.8 Å². The summed E-state index contributed by atoms with van der Waals surface area (Å²) in [4.78, 5) is 32.5. The molecule has 0 aliphatic carbocycles. The summed E-state index contributed by atoms with van der Waals surface area (Å²) in [5.41, 5.74) is -2.03. The topological polar surface area (TPSA) is 129 Å². The van der Waals surface area contributed by atoms with Gasteiger partial charge in [-0.15, -0.1) is 0 Å². The van der Waals surface area contributed by atoms with Crippen LogP contribution < -0.4 is 5.56 Å². The van der Waals surface area contributed by atoms with Gasteiger partial charge in [0.15, 0.2) is 23.4 Å². The Labute approximate surface area is 224 Å². The largest absolute Gasteiger partial charge is 0.505 e. The summed E-state index contributed by atoms with van der Waals surface area (Å²) in [5, 5.41) is 13.2. The van der Waals surface area contributed by atoms with Gasteiger partial charge in [0, 0.05) is 37.8 Å². The summed E-state index contributed by atoms with van der Waals surface area (Å²) in [6.07, 6.45) is 7.72. The summed E-state index contributed by atoms with van der Waals surface area (Å²) in [7, 11) is 0.760. The van der Waals surface area contributed by atoms with Gasteiger partial charge >= 0.3 is 6.18 Å². The first-order chi connectivity index (χ1) is 18.4. The summed E-state index contributed by atoms with van der Waals surface area (Å²) in [5.74, 6) is -1.56. The Bertz CT molecular complexity index is 1380. The molecule has 9 nitrogen and oxygen atoms in total. The number of aromatic amines is 1. The molecule has 3 rings (SSSR count). The molecule has 210 valence electrons. The van der Waals surface area contributed by atoms with Gasteiger partial charge in [0.2, 0.25) is 0 Å². The number of H-pyrrole nitrogens is 1. The Morgan fingerprint density at radius 1 is 1.13 bits per heavy atom. The molecule has 2 aromatic heterocycles. The van der Waals surface area contributed by atoms with E-state index in [1.807, 2.05) is 18.1 Å². The lowest BCUT2D eigenvalue weighted by Crippen LogP contribution is -2.22. The SMILES string of the molecule is CCCCCN(C)/C=C\c1cc(-c2ncc(S(C)=O)cn2)c(F)cc1C=O.O=c1[nH]ncc(O)c1C(F)(F)F. The molecule has 2 heterocycles. The predicted molar refractivity (Wildman–Crippen MR) is 138 cm³/mol. The highest BCUT2D eigenvalue weighted by atomic mass is 32.2. The van der Waals surface area contributed by atoms with Gasteiger partial charge in [0.25, 0.3) is 5.56 Å². The zero-order valence-electron chi connectivity index (χ0n) is 21.3. The minimum Gasteiger partial charge on any atom is -0.505 e. The minimum absolute atomic E-state index is 0.185. The molecule has 1 atom stereocenters. The lowest BCUT2D eigenvalue weighted by molar-refractivity contribution is -0.140. The van der Waals surface area contributed by atoms with E-state index in [4.69, 9.17) is 5.11 Å². The van der Waals surface area contributed by atoms with Crippen LogP contribution >= 0.6 is 0 Å². The van der Waals surface area contributed by atoms with Gasteiger partial charge in [0.1, 0.15) is 5.82 Å². The van der Waals surface area contributed by atoms with Crippen molar-refractivity contribution in [2.45, 2.75) is 37.3 Å². The van der Waals surface area contributed by atoms with Gasteiger partial charge < -0.3 is 10.0 Å². The van der Waals surface area contributed by atoms with Crippen LogP contribution in [0.25, 0.3) is 17.5 Å². The lowest BCUT2D eigenvalue weighted by Gasteiger charge is -2.13. The molecular formula is C25H27F4N5O4S. The molecule has 0 aliphatic rings. The van der Waals surface area contributed by atoms with Crippen LogP contribution in [0.1, 0.15) is 47.7 Å². The van der Waals surface area contributed by atoms with Gasteiger partial charge in [0.05, 0.1) is 27.5 Å². The number of hydrogen-bond acceptors (Lipinski definition) is 8. The van der Waals surface area contributed by atoms with Crippen molar-refractivity contribution in [1.29, 1.82) is 0 Å². The van der Waals surface area contributed by atoms with Gasteiger partial charge in [-0.05, 0) is 36.4 Å². The molecule has 0 saturated carbocycles. The zero-order chi connectivity index (χ0) is 29.2. The Morgan fingerprint density at radius 3 is 2.31 bits per heavy atom. The van der Waals surface area contributed by atoms with E-state index in [0.717, 1.165) is 25.8 Å². The number of nitrogens with zero attached hydrogens (tertiary/aromatic N) is 4. The van der Waals surface area contributed by atoms with Crippen molar-refractivity contribution < 1.29 is 31.7 Å². The number of halogens is 4. The molecule has 3 aromatic rings. The fourth-order valence-electron chi connectivity index (χ4n) is 3.18. The van der Waals surface area contributed by atoms with Crippen LogP contribution in [0.3, 0.4) is 0 Å². The van der Waals surface area contributed by atoms with E-state index in [1.165, 1.54) is 24.7 Å². The second-order valence-corrected chi connectivity index (χ2v) is 9.62. The number of aldehydes is 1. The van der Waals surface area contributed by atoms with Crippen LogP contribution in [0.15, 0.2) is 46.6 Å². The third-order valence-electron chi connectivity index (χ3n) is 5.24. The molecule has 0 bridgehead atoms. The number of carbonyl (C=O) groups is 1. The normalized spacial score (nSPS) is 12.1. The zero-order valence-corrected chi connectivity index (χ0v) is 22.1.